The van der Waals surface area contributed by atoms with E-state index in [0.717, 1.165) is 10.9 Å². The van der Waals surface area contributed by atoms with E-state index in [0.29, 0.717) is 0 Å². The van der Waals surface area contributed by atoms with Crippen LogP contribution in [0.4, 0.5) is 0 Å². The van der Waals surface area contributed by atoms with Crippen molar-refractivity contribution >= 4 is 10.9 Å². The van der Waals surface area contributed by atoms with Gasteiger partial charge in [0, 0.05) is 24.8 Å². The zero-order chi connectivity index (χ0) is 9.68. The van der Waals surface area contributed by atoms with E-state index in [-0.39, 0.29) is 0 Å². The van der Waals surface area contributed by atoms with Gasteiger partial charge in [-0.15, -0.1) is 5.10 Å². The first kappa shape index (κ1) is 9.71. The van der Waals surface area contributed by atoms with Crippen molar-refractivity contribution in [3.05, 3.63) is 24.7 Å². The van der Waals surface area contributed by atoms with E-state index in [4.69, 9.17) is 0 Å². The molecule has 13 heavy (non-hydrogen) atoms. The van der Waals surface area contributed by atoms with Crippen molar-refractivity contribution in [1.82, 2.24) is 14.8 Å². The van der Waals surface area contributed by atoms with Gasteiger partial charge in [-0.05, 0) is 6.07 Å². The fourth-order valence-corrected chi connectivity index (χ4v) is 1.01. The molecule has 0 saturated heterocycles. The minimum absolute atomic E-state index is 0.949. The van der Waals surface area contributed by atoms with E-state index in [2.05, 4.69) is 24.0 Å². The highest BCUT2D eigenvalue weighted by molar-refractivity contribution is 5.76. The predicted molar refractivity (Wildman–Crippen MR) is 54.5 cm³/mol. The molecule has 0 aliphatic heterocycles. The number of hydrogen-bond acceptors (Lipinski definition) is 2. The number of rotatable bonds is 0. The van der Waals surface area contributed by atoms with E-state index < -0.39 is 0 Å². The Bertz CT molecular complexity index is 332. The van der Waals surface area contributed by atoms with Gasteiger partial charge in [0.1, 0.15) is 5.52 Å². The van der Waals surface area contributed by atoms with Gasteiger partial charge in [0.05, 0.1) is 6.20 Å². The van der Waals surface area contributed by atoms with Crippen molar-refractivity contribution < 1.29 is 0 Å². The molecule has 0 spiro atoms. The summed E-state index contributed by atoms with van der Waals surface area (Å²) < 4.78 is 1.97. The SMILES string of the molecule is CCC.Cn1cc2ccnnc2c1. The van der Waals surface area contributed by atoms with E-state index in [1.54, 1.807) is 6.20 Å². The van der Waals surface area contributed by atoms with Crippen molar-refractivity contribution in [2.45, 2.75) is 20.3 Å². The van der Waals surface area contributed by atoms with Crippen molar-refractivity contribution in [2.24, 2.45) is 7.05 Å². The Balaban J connectivity index is 0.000000251. The Hall–Kier alpha value is -1.38. The summed E-state index contributed by atoms with van der Waals surface area (Å²) in [6.45, 7) is 4.25. The van der Waals surface area contributed by atoms with Crippen LogP contribution < -0.4 is 0 Å². The average molecular weight is 177 g/mol. The van der Waals surface area contributed by atoms with Crippen LogP contribution in [0.15, 0.2) is 24.7 Å². The average Bonchev–Trinajstić information content (AvgIpc) is 2.45. The van der Waals surface area contributed by atoms with Crippen molar-refractivity contribution in [3.63, 3.8) is 0 Å². The summed E-state index contributed by atoms with van der Waals surface area (Å²) in [5, 5.41) is 8.83. The Morgan fingerprint density at radius 3 is 2.62 bits per heavy atom. The smallest absolute Gasteiger partial charge is 0.111 e. The lowest BCUT2D eigenvalue weighted by Crippen LogP contribution is -1.77. The summed E-state index contributed by atoms with van der Waals surface area (Å²) in [6, 6.07) is 1.95. The second-order valence-corrected chi connectivity index (χ2v) is 3.00. The first-order valence-electron chi connectivity index (χ1n) is 4.51. The summed E-state index contributed by atoms with van der Waals surface area (Å²) in [7, 11) is 1.97. The topological polar surface area (TPSA) is 30.7 Å². The Morgan fingerprint density at radius 2 is 2.00 bits per heavy atom. The lowest BCUT2D eigenvalue weighted by molar-refractivity contribution is 0.930. The molecule has 0 amide bonds. The second-order valence-electron chi connectivity index (χ2n) is 3.00. The van der Waals surface area contributed by atoms with E-state index in [1.807, 2.05) is 30.1 Å². The normalized spacial score (nSPS) is 9.46. The third-order valence-electron chi connectivity index (χ3n) is 1.45. The zero-order valence-electron chi connectivity index (χ0n) is 8.36. The minimum atomic E-state index is 0.949. The number of aryl methyl sites for hydroxylation is 1. The first-order valence-corrected chi connectivity index (χ1v) is 4.51. The second kappa shape index (κ2) is 4.60. The van der Waals surface area contributed by atoms with Gasteiger partial charge in [-0.25, -0.2) is 0 Å². The number of hydrogen-bond donors (Lipinski definition) is 0. The van der Waals surface area contributed by atoms with Crippen LogP contribution in [0, 0.1) is 0 Å². The van der Waals surface area contributed by atoms with Gasteiger partial charge in [0.2, 0.25) is 0 Å². The van der Waals surface area contributed by atoms with Crippen LogP contribution >= 0.6 is 0 Å². The maximum absolute atomic E-state index is 3.93. The van der Waals surface area contributed by atoms with Crippen LogP contribution in [0.1, 0.15) is 20.3 Å². The highest BCUT2D eigenvalue weighted by Crippen LogP contribution is 2.08. The molecular formula is C10H15N3. The molecule has 0 atom stereocenters. The highest BCUT2D eigenvalue weighted by atomic mass is 15.1. The Kier molecular flexibility index (Phi) is 3.43. The van der Waals surface area contributed by atoms with E-state index in [1.165, 1.54) is 6.42 Å². The summed E-state index contributed by atoms with van der Waals surface area (Å²) in [6.07, 6.45) is 6.91. The van der Waals surface area contributed by atoms with Gasteiger partial charge in [0.15, 0.2) is 0 Å². The number of nitrogens with zero attached hydrogens (tertiary/aromatic N) is 3. The summed E-state index contributed by atoms with van der Waals surface area (Å²) in [5.74, 6) is 0. The molecule has 3 nitrogen and oxygen atoms in total. The molecule has 0 N–H and O–H groups in total. The van der Waals surface area contributed by atoms with Crippen molar-refractivity contribution in [1.29, 1.82) is 0 Å². The monoisotopic (exact) mass is 177 g/mol. The maximum Gasteiger partial charge on any atom is 0.111 e. The van der Waals surface area contributed by atoms with Crippen LogP contribution in [0.25, 0.3) is 10.9 Å². The van der Waals surface area contributed by atoms with Crippen LogP contribution in [0.3, 0.4) is 0 Å². The number of aromatic nitrogens is 3. The molecule has 2 rings (SSSR count). The van der Waals surface area contributed by atoms with Crippen LogP contribution in [0.5, 0.6) is 0 Å². The van der Waals surface area contributed by atoms with Crippen LogP contribution in [-0.2, 0) is 7.05 Å². The highest BCUT2D eigenvalue weighted by Gasteiger charge is 1.93. The summed E-state index contributed by atoms with van der Waals surface area (Å²) in [4.78, 5) is 0. The molecule has 0 radical (unpaired) electrons. The van der Waals surface area contributed by atoms with E-state index >= 15 is 0 Å². The molecule has 70 valence electrons. The molecule has 2 aromatic rings. The van der Waals surface area contributed by atoms with Crippen LogP contribution in [0.2, 0.25) is 0 Å². The molecule has 0 aromatic carbocycles. The van der Waals surface area contributed by atoms with Gasteiger partial charge in [-0.3, -0.25) is 0 Å². The molecule has 0 saturated carbocycles. The quantitative estimate of drug-likeness (QED) is 0.618. The third-order valence-corrected chi connectivity index (χ3v) is 1.45. The van der Waals surface area contributed by atoms with Gasteiger partial charge in [-0.2, -0.15) is 5.10 Å². The third kappa shape index (κ3) is 2.54. The first-order chi connectivity index (χ1) is 6.27. The Labute approximate surface area is 78.4 Å². The molecular weight excluding hydrogens is 162 g/mol. The van der Waals surface area contributed by atoms with Gasteiger partial charge >= 0.3 is 0 Å². The molecule has 0 aliphatic carbocycles. The van der Waals surface area contributed by atoms with Gasteiger partial charge in [-0.1, -0.05) is 20.3 Å². The molecule has 0 bridgehead atoms. The molecule has 2 heterocycles. The van der Waals surface area contributed by atoms with Gasteiger partial charge < -0.3 is 4.57 Å². The largest absolute Gasteiger partial charge is 0.354 e. The summed E-state index contributed by atoms with van der Waals surface area (Å²) >= 11 is 0. The van der Waals surface area contributed by atoms with Crippen molar-refractivity contribution in [3.8, 4) is 0 Å². The molecule has 2 aromatic heterocycles. The predicted octanol–water partition coefficient (Wildman–Crippen LogP) is 2.38. The fourth-order valence-electron chi connectivity index (χ4n) is 1.01. The van der Waals surface area contributed by atoms with Crippen molar-refractivity contribution in [2.75, 3.05) is 0 Å². The maximum atomic E-state index is 3.93. The lowest BCUT2D eigenvalue weighted by atomic mass is 10.4. The molecule has 0 fully saturated rings. The van der Waals surface area contributed by atoms with Gasteiger partial charge in [0.25, 0.3) is 0 Å². The van der Waals surface area contributed by atoms with Crippen LogP contribution in [-0.4, -0.2) is 14.8 Å². The fraction of sp³-hybridized carbons (Fsp3) is 0.400. The number of fused-ring (bicyclic) bond motifs is 1. The van der Waals surface area contributed by atoms with E-state index in [9.17, 15) is 0 Å². The zero-order valence-corrected chi connectivity index (χ0v) is 8.36. The molecule has 0 unspecified atom stereocenters. The molecule has 0 aliphatic rings. The molecule has 3 heteroatoms. The Morgan fingerprint density at radius 1 is 1.31 bits per heavy atom. The lowest BCUT2D eigenvalue weighted by Gasteiger charge is -1.80. The summed E-state index contributed by atoms with van der Waals surface area (Å²) in [5.41, 5.74) is 0.949. The minimum Gasteiger partial charge on any atom is -0.354 e. The standard InChI is InChI=1S/C7H7N3.C3H8/c1-10-4-6-2-3-8-9-7(6)5-10;1-3-2/h2-5H,1H3;3H2,1-2H3.